The molecule has 1 aromatic rings. The minimum Gasteiger partial charge on any atom is -0.215 e. The molecule has 0 atom stereocenters. The van der Waals surface area contributed by atoms with Crippen LogP contribution in [0.15, 0.2) is 33.6 Å². The summed E-state index contributed by atoms with van der Waals surface area (Å²) in [6.45, 7) is 0.454. The second-order valence-electron chi connectivity index (χ2n) is 2.97. The molecule has 3 nitrogen and oxygen atoms in total. The lowest BCUT2D eigenvalue weighted by Crippen LogP contribution is -2.24. The maximum absolute atomic E-state index is 10.8. The average Bonchev–Trinajstić information content (AvgIpc) is 2.11. The first kappa shape index (κ1) is 13.0. The highest BCUT2D eigenvalue weighted by Gasteiger charge is 1.99. The molecule has 0 unspecified atom stereocenters. The van der Waals surface area contributed by atoms with Crippen molar-refractivity contribution >= 4 is 37.7 Å². The monoisotopic (exact) mass is 309 g/mol. The second kappa shape index (κ2) is 5.89. The number of nitrogens with one attached hydrogen (secondary N) is 1. The summed E-state index contributed by atoms with van der Waals surface area (Å²) >= 11 is 5.00. The zero-order valence-electron chi connectivity index (χ0n) is 8.23. The molecule has 0 heterocycles. The summed E-state index contributed by atoms with van der Waals surface area (Å²) in [5.74, 6) is 0.726. The summed E-state index contributed by atoms with van der Waals surface area (Å²) in [5.41, 5.74) is 0. The van der Waals surface area contributed by atoms with Crippen molar-refractivity contribution in [2.75, 3.05) is 18.6 Å². The van der Waals surface area contributed by atoms with Gasteiger partial charge in [0, 0.05) is 21.7 Å². The fourth-order valence-electron chi connectivity index (χ4n) is 0.953. The van der Waals surface area contributed by atoms with Gasteiger partial charge in [0.05, 0.1) is 6.26 Å². The zero-order valence-corrected chi connectivity index (χ0v) is 11.5. The number of sulfonamides is 1. The Hall–Kier alpha value is -0.0400. The highest BCUT2D eigenvalue weighted by atomic mass is 79.9. The largest absolute Gasteiger partial charge is 0.215 e. The Morgan fingerprint density at radius 3 is 2.80 bits per heavy atom. The van der Waals surface area contributed by atoms with E-state index in [0.29, 0.717) is 6.54 Å². The Bertz CT molecular complexity index is 420. The minimum atomic E-state index is -3.06. The third kappa shape index (κ3) is 6.19. The molecule has 1 N–H and O–H groups in total. The van der Waals surface area contributed by atoms with Crippen molar-refractivity contribution < 1.29 is 8.42 Å². The highest BCUT2D eigenvalue weighted by molar-refractivity contribution is 9.10. The molecule has 0 spiro atoms. The van der Waals surface area contributed by atoms with Gasteiger partial charge < -0.3 is 0 Å². The Balaban J connectivity index is 2.32. The van der Waals surface area contributed by atoms with Gasteiger partial charge in [-0.3, -0.25) is 0 Å². The predicted octanol–water partition coefficient (Wildman–Crippen LogP) is 2.09. The molecule has 84 valence electrons. The summed E-state index contributed by atoms with van der Waals surface area (Å²) < 4.78 is 25.0. The van der Waals surface area contributed by atoms with Gasteiger partial charge in [-0.25, -0.2) is 13.1 Å². The SMILES string of the molecule is CS(=O)(=O)NCCSc1cccc(Br)c1. The van der Waals surface area contributed by atoms with Gasteiger partial charge in [0.2, 0.25) is 10.0 Å². The Labute approximate surface area is 103 Å². The lowest BCUT2D eigenvalue weighted by atomic mass is 10.4. The third-order valence-corrected chi connectivity index (χ3v) is 3.75. The number of rotatable bonds is 5. The summed E-state index contributed by atoms with van der Waals surface area (Å²) in [7, 11) is -3.06. The van der Waals surface area contributed by atoms with Crippen molar-refractivity contribution in [3.8, 4) is 0 Å². The average molecular weight is 310 g/mol. The van der Waals surface area contributed by atoms with Gasteiger partial charge in [-0.05, 0) is 18.2 Å². The Morgan fingerprint density at radius 1 is 1.47 bits per heavy atom. The van der Waals surface area contributed by atoms with Crippen LogP contribution in [-0.2, 0) is 10.0 Å². The van der Waals surface area contributed by atoms with Crippen LogP contribution in [0.3, 0.4) is 0 Å². The molecule has 0 aliphatic carbocycles. The van der Waals surface area contributed by atoms with E-state index in [1.165, 1.54) is 0 Å². The van der Waals surface area contributed by atoms with Crippen LogP contribution < -0.4 is 4.72 Å². The van der Waals surface area contributed by atoms with Crippen molar-refractivity contribution in [1.29, 1.82) is 0 Å². The van der Waals surface area contributed by atoms with Crippen LogP contribution >= 0.6 is 27.7 Å². The molecule has 15 heavy (non-hydrogen) atoms. The molecular weight excluding hydrogens is 298 g/mol. The van der Waals surface area contributed by atoms with Gasteiger partial charge in [0.15, 0.2) is 0 Å². The van der Waals surface area contributed by atoms with Crippen LogP contribution in [0, 0.1) is 0 Å². The van der Waals surface area contributed by atoms with Crippen molar-refractivity contribution in [2.45, 2.75) is 4.90 Å². The minimum absolute atomic E-state index is 0.454. The maximum Gasteiger partial charge on any atom is 0.208 e. The number of hydrogen-bond acceptors (Lipinski definition) is 3. The maximum atomic E-state index is 10.8. The van der Waals surface area contributed by atoms with E-state index >= 15 is 0 Å². The molecule has 6 heteroatoms. The van der Waals surface area contributed by atoms with E-state index in [1.807, 2.05) is 24.3 Å². The van der Waals surface area contributed by atoms with Gasteiger partial charge in [-0.1, -0.05) is 22.0 Å². The van der Waals surface area contributed by atoms with Crippen molar-refractivity contribution in [2.24, 2.45) is 0 Å². The van der Waals surface area contributed by atoms with Crippen LogP contribution in [0.4, 0.5) is 0 Å². The molecular formula is C9H12BrNO2S2. The van der Waals surface area contributed by atoms with Crippen LogP contribution in [0.1, 0.15) is 0 Å². The van der Waals surface area contributed by atoms with Gasteiger partial charge in [-0.15, -0.1) is 11.8 Å². The van der Waals surface area contributed by atoms with E-state index in [1.54, 1.807) is 11.8 Å². The predicted molar refractivity (Wildman–Crippen MR) is 67.7 cm³/mol. The van der Waals surface area contributed by atoms with Gasteiger partial charge >= 0.3 is 0 Å². The number of halogens is 1. The molecule has 0 fully saturated rings. The van der Waals surface area contributed by atoms with Gasteiger partial charge in [0.25, 0.3) is 0 Å². The van der Waals surface area contributed by atoms with E-state index in [0.717, 1.165) is 21.4 Å². The number of hydrogen-bond donors (Lipinski definition) is 1. The van der Waals surface area contributed by atoms with Gasteiger partial charge in [-0.2, -0.15) is 0 Å². The normalized spacial score (nSPS) is 11.6. The van der Waals surface area contributed by atoms with Crippen LogP contribution in [0.2, 0.25) is 0 Å². The van der Waals surface area contributed by atoms with Gasteiger partial charge in [0.1, 0.15) is 0 Å². The zero-order chi connectivity index (χ0) is 11.3. The Kier molecular flexibility index (Phi) is 5.11. The van der Waals surface area contributed by atoms with E-state index in [2.05, 4.69) is 20.7 Å². The fraction of sp³-hybridized carbons (Fsp3) is 0.333. The molecule has 1 rings (SSSR count). The summed E-state index contributed by atoms with van der Waals surface area (Å²) in [4.78, 5) is 1.12. The fourth-order valence-corrected chi connectivity index (χ4v) is 2.93. The van der Waals surface area contributed by atoms with E-state index < -0.39 is 10.0 Å². The molecule has 0 bridgehead atoms. The van der Waals surface area contributed by atoms with E-state index in [4.69, 9.17) is 0 Å². The topological polar surface area (TPSA) is 46.2 Å². The molecule has 0 radical (unpaired) electrons. The standard InChI is InChI=1S/C9H12BrNO2S2/c1-15(12,13)11-5-6-14-9-4-2-3-8(10)7-9/h2-4,7,11H,5-6H2,1H3. The van der Waals surface area contributed by atoms with Crippen LogP contribution in [0.25, 0.3) is 0 Å². The molecule has 0 amide bonds. The first-order chi connectivity index (χ1) is 6.97. The molecule has 0 saturated carbocycles. The smallest absolute Gasteiger partial charge is 0.208 e. The lowest BCUT2D eigenvalue weighted by Gasteiger charge is -2.02. The van der Waals surface area contributed by atoms with Crippen molar-refractivity contribution in [1.82, 2.24) is 4.72 Å². The lowest BCUT2D eigenvalue weighted by molar-refractivity contribution is 0.590. The van der Waals surface area contributed by atoms with E-state index in [9.17, 15) is 8.42 Å². The third-order valence-electron chi connectivity index (χ3n) is 1.53. The van der Waals surface area contributed by atoms with Crippen LogP contribution in [-0.4, -0.2) is 27.0 Å². The molecule has 0 aromatic heterocycles. The molecule has 1 aromatic carbocycles. The van der Waals surface area contributed by atoms with Crippen molar-refractivity contribution in [3.63, 3.8) is 0 Å². The number of thioether (sulfide) groups is 1. The second-order valence-corrected chi connectivity index (χ2v) is 6.89. The first-order valence-corrected chi connectivity index (χ1v) is 7.97. The summed E-state index contributed by atoms with van der Waals surface area (Å²) in [6.07, 6.45) is 1.16. The Morgan fingerprint density at radius 2 is 2.20 bits per heavy atom. The molecule has 0 aliphatic heterocycles. The van der Waals surface area contributed by atoms with Crippen molar-refractivity contribution in [3.05, 3.63) is 28.7 Å². The van der Waals surface area contributed by atoms with Crippen LogP contribution in [0.5, 0.6) is 0 Å². The summed E-state index contributed by atoms with van der Waals surface area (Å²) in [6, 6.07) is 7.91. The number of benzene rings is 1. The highest BCUT2D eigenvalue weighted by Crippen LogP contribution is 2.21. The first-order valence-electron chi connectivity index (χ1n) is 4.30. The quantitative estimate of drug-likeness (QED) is 0.669. The summed E-state index contributed by atoms with van der Waals surface area (Å²) in [5, 5.41) is 0. The molecule has 0 saturated heterocycles. The molecule has 0 aliphatic rings. The van der Waals surface area contributed by atoms with E-state index in [-0.39, 0.29) is 0 Å².